The molecule has 0 saturated heterocycles. The average Bonchev–Trinajstić information content (AvgIpc) is 2.47. The summed E-state index contributed by atoms with van der Waals surface area (Å²) in [5, 5.41) is 10.8. The molecule has 0 fully saturated rings. The molecule has 0 amide bonds. The second-order valence-electron chi connectivity index (χ2n) is 5.53. The van der Waals surface area contributed by atoms with Crippen molar-refractivity contribution in [2.45, 2.75) is 52.2 Å². The SMILES string of the molecule is CCOC(=O)C(C(F)F)C(O)(CC)c1ccc(OC(C)C)cc1. The molecule has 0 spiro atoms. The topological polar surface area (TPSA) is 55.8 Å². The second-order valence-corrected chi connectivity index (χ2v) is 5.53. The fraction of sp³-hybridized carbons (Fsp3) is 0.588. The Morgan fingerprint density at radius 1 is 1.22 bits per heavy atom. The van der Waals surface area contributed by atoms with Gasteiger partial charge in [0.15, 0.2) is 5.92 Å². The molecular weight excluding hydrogens is 306 g/mol. The van der Waals surface area contributed by atoms with Gasteiger partial charge < -0.3 is 14.6 Å². The third-order valence-electron chi connectivity index (χ3n) is 3.57. The minimum absolute atomic E-state index is 0.0248. The highest BCUT2D eigenvalue weighted by Gasteiger charge is 2.48. The maximum absolute atomic E-state index is 13.4. The minimum atomic E-state index is -3.04. The molecule has 0 aliphatic heterocycles. The van der Waals surface area contributed by atoms with E-state index in [1.54, 1.807) is 19.1 Å². The molecule has 0 saturated carbocycles. The van der Waals surface area contributed by atoms with Gasteiger partial charge in [-0.1, -0.05) is 19.1 Å². The molecule has 1 aromatic carbocycles. The van der Waals surface area contributed by atoms with E-state index in [1.807, 2.05) is 13.8 Å². The number of carbonyl (C=O) groups excluding carboxylic acids is 1. The van der Waals surface area contributed by atoms with Crippen LogP contribution in [0.4, 0.5) is 8.78 Å². The van der Waals surface area contributed by atoms with Crippen LogP contribution in [0.25, 0.3) is 0 Å². The Hall–Kier alpha value is -1.69. The number of hydrogen-bond donors (Lipinski definition) is 1. The zero-order valence-corrected chi connectivity index (χ0v) is 13.9. The van der Waals surface area contributed by atoms with E-state index in [4.69, 9.17) is 9.47 Å². The number of esters is 1. The first-order chi connectivity index (χ1) is 10.8. The lowest BCUT2D eigenvalue weighted by Gasteiger charge is -2.34. The summed E-state index contributed by atoms with van der Waals surface area (Å²) >= 11 is 0. The van der Waals surface area contributed by atoms with Crippen molar-refractivity contribution in [3.05, 3.63) is 29.8 Å². The van der Waals surface area contributed by atoms with Crippen molar-refractivity contribution in [1.29, 1.82) is 0 Å². The van der Waals surface area contributed by atoms with Gasteiger partial charge in [-0.2, -0.15) is 0 Å². The van der Waals surface area contributed by atoms with Crippen LogP contribution in [0.1, 0.15) is 39.7 Å². The third-order valence-corrected chi connectivity index (χ3v) is 3.57. The molecule has 0 aliphatic rings. The van der Waals surface area contributed by atoms with Crippen molar-refractivity contribution in [1.82, 2.24) is 0 Å². The summed E-state index contributed by atoms with van der Waals surface area (Å²) in [5.41, 5.74) is -1.77. The van der Waals surface area contributed by atoms with Crippen LogP contribution in [0.5, 0.6) is 5.75 Å². The normalized spacial score (nSPS) is 15.3. The largest absolute Gasteiger partial charge is 0.491 e. The summed E-state index contributed by atoms with van der Waals surface area (Å²) in [6, 6.07) is 6.17. The van der Waals surface area contributed by atoms with E-state index in [0.29, 0.717) is 5.75 Å². The van der Waals surface area contributed by atoms with Gasteiger partial charge in [-0.05, 0) is 44.9 Å². The van der Waals surface area contributed by atoms with Crippen LogP contribution in [0.3, 0.4) is 0 Å². The maximum atomic E-state index is 13.4. The van der Waals surface area contributed by atoms with E-state index >= 15 is 0 Å². The Labute approximate surface area is 135 Å². The van der Waals surface area contributed by atoms with Gasteiger partial charge >= 0.3 is 5.97 Å². The zero-order chi connectivity index (χ0) is 17.6. The predicted molar refractivity (Wildman–Crippen MR) is 82.5 cm³/mol. The number of aliphatic hydroxyl groups is 1. The lowest BCUT2D eigenvalue weighted by atomic mass is 9.79. The Balaban J connectivity index is 3.17. The van der Waals surface area contributed by atoms with Crippen molar-refractivity contribution >= 4 is 5.97 Å². The second kappa shape index (κ2) is 8.24. The fourth-order valence-corrected chi connectivity index (χ4v) is 2.44. The van der Waals surface area contributed by atoms with Gasteiger partial charge in [-0.25, -0.2) is 8.78 Å². The Bertz CT molecular complexity index is 502. The highest BCUT2D eigenvalue weighted by molar-refractivity contribution is 5.74. The van der Waals surface area contributed by atoms with Crippen LogP contribution >= 0.6 is 0 Å². The quantitative estimate of drug-likeness (QED) is 0.741. The van der Waals surface area contributed by atoms with Crippen LogP contribution < -0.4 is 4.74 Å². The van der Waals surface area contributed by atoms with Gasteiger partial charge in [0.05, 0.1) is 12.7 Å². The number of halogens is 2. The van der Waals surface area contributed by atoms with Crippen molar-refractivity contribution in [3.63, 3.8) is 0 Å². The summed E-state index contributed by atoms with van der Waals surface area (Å²) in [6.45, 7) is 6.79. The summed E-state index contributed by atoms with van der Waals surface area (Å²) < 4.78 is 37.0. The highest BCUT2D eigenvalue weighted by atomic mass is 19.3. The molecule has 130 valence electrons. The average molecular weight is 330 g/mol. The summed E-state index contributed by atoms with van der Waals surface area (Å²) in [5.74, 6) is -2.48. The highest BCUT2D eigenvalue weighted by Crippen LogP contribution is 2.38. The summed E-state index contributed by atoms with van der Waals surface area (Å²) in [7, 11) is 0. The van der Waals surface area contributed by atoms with Gasteiger partial charge in [0.1, 0.15) is 11.4 Å². The molecule has 23 heavy (non-hydrogen) atoms. The Morgan fingerprint density at radius 2 is 1.78 bits per heavy atom. The number of benzene rings is 1. The summed E-state index contributed by atoms with van der Waals surface area (Å²) in [6.07, 6.45) is -3.12. The fourth-order valence-electron chi connectivity index (χ4n) is 2.44. The van der Waals surface area contributed by atoms with E-state index < -0.39 is 23.9 Å². The van der Waals surface area contributed by atoms with Crippen LogP contribution in [-0.2, 0) is 15.1 Å². The van der Waals surface area contributed by atoms with Crippen LogP contribution in [0.2, 0.25) is 0 Å². The van der Waals surface area contributed by atoms with Crippen molar-refractivity contribution in [2.24, 2.45) is 5.92 Å². The Morgan fingerprint density at radius 3 is 2.17 bits per heavy atom. The molecule has 0 bridgehead atoms. The number of carbonyl (C=O) groups is 1. The number of ether oxygens (including phenoxy) is 2. The maximum Gasteiger partial charge on any atom is 0.318 e. The van der Waals surface area contributed by atoms with E-state index in [0.717, 1.165) is 0 Å². The minimum Gasteiger partial charge on any atom is -0.491 e. The number of rotatable bonds is 8. The first-order valence-corrected chi connectivity index (χ1v) is 7.70. The standard InChI is InChI=1S/C17H24F2O4/c1-5-17(21,14(15(18)19)16(20)22-6-2)12-7-9-13(10-8-12)23-11(3)4/h7-11,14-15,21H,5-6H2,1-4H3. The lowest BCUT2D eigenvalue weighted by Crippen LogP contribution is -2.44. The van der Waals surface area contributed by atoms with Gasteiger partial charge in [-0.3, -0.25) is 4.79 Å². The molecule has 1 rings (SSSR count). The molecule has 0 radical (unpaired) electrons. The predicted octanol–water partition coefficient (Wildman–Crippen LogP) is 3.52. The summed E-state index contributed by atoms with van der Waals surface area (Å²) in [4.78, 5) is 11.9. The van der Waals surface area contributed by atoms with Crippen molar-refractivity contribution < 1.29 is 28.2 Å². The van der Waals surface area contributed by atoms with E-state index in [9.17, 15) is 18.7 Å². The van der Waals surface area contributed by atoms with Crippen molar-refractivity contribution in [2.75, 3.05) is 6.61 Å². The molecule has 6 heteroatoms. The van der Waals surface area contributed by atoms with Crippen LogP contribution in [-0.4, -0.2) is 30.2 Å². The molecule has 1 N–H and O–H groups in total. The van der Waals surface area contributed by atoms with E-state index in [2.05, 4.69) is 0 Å². The van der Waals surface area contributed by atoms with Gasteiger partial charge in [-0.15, -0.1) is 0 Å². The Kier molecular flexibility index (Phi) is 6.94. The smallest absolute Gasteiger partial charge is 0.318 e. The zero-order valence-electron chi connectivity index (χ0n) is 13.9. The number of alkyl halides is 2. The van der Waals surface area contributed by atoms with Gasteiger partial charge in [0.2, 0.25) is 0 Å². The molecular formula is C17H24F2O4. The molecule has 2 atom stereocenters. The monoisotopic (exact) mass is 330 g/mol. The van der Waals surface area contributed by atoms with E-state index in [-0.39, 0.29) is 24.7 Å². The first kappa shape index (κ1) is 19.4. The lowest BCUT2D eigenvalue weighted by molar-refractivity contribution is -0.172. The van der Waals surface area contributed by atoms with Crippen LogP contribution in [0, 0.1) is 5.92 Å². The number of hydrogen-bond acceptors (Lipinski definition) is 4. The molecule has 2 unspecified atom stereocenters. The molecule has 0 heterocycles. The third kappa shape index (κ3) is 4.64. The van der Waals surface area contributed by atoms with Crippen LogP contribution in [0.15, 0.2) is 24.3 Å². The van der Waals surface area contributed by atoms with Gasteiger partial charge in [0.25, 0.3) is 6.43 Å². The molecule has 4 nitrogen and oxygen atoms in total. The van der Waals surface area contributed by atoms with E-state index in [1.165, 1.54) is 19.1 Å². The van der Waals surface area contributed by atoms with Crippen molar-refractivity contribution in [3.8, 4) is 5.75 Å². The molecule has 0 aliphatic carbocycles. The molecule has 1 aromatic rings. The molecule has 0 aromatic heterocycles. The first-order valence-electron chi connectivity index (χ1n) is 7.70. The van der Waals surface area contributed by atoms with Gasteiger partial charge in [0, 0.05) is 0 Å².